The molecule has 1 heterocycles. The largest absolute Gasteiger partial charge is 0.493 e. The molecular formula is C25H26FNO4. The van der Waals surface area contributed by atoms with Crippen LogP contribution in [0.5, 0.6) is 11.5 Å². The number of anilines is 1. The number of ketones is 1. The van der Waals surface area contributed by atoms with E-state index in [9.17, 15) is 14.0 Å². The first-order chi connectivity index (χ1) is 14.8. The van der Waals surface area contributed by atoms with Crippen LogP contribution in [0.1, 0.15) is 44.6 Å². The number of hydrogen-bond acceptors (Lipinski definition) is 4. The summed E-state index contributed by atoms with van der Waals surface area (Å²) < 4.78 is 25.0. The average Bonchev–Trinajstić information content (AvgIpc) is 2.71. The van der Waals surface area contributed by atoms with Crippen molar-refractivity contribution in [1.82, 2.24) is 0 Å². The second-order valence-corrected chi connectivity index (χ2v) is 8.85. The molecule has 2 aromatic rings. The summed E-state index contributed by atoms with van der Waals surface area (Å²) in [6, 6.07) is 11.4. The van der Waals surface area contributed by atoms with Gasteiger partial charge in [0.1, 0.15) is 5.82 Å². The average molecular weight is 423 g/mol. The van der Waals surface area contributed by atoms with E-state index in [1.54, 1.807) is 32.4 Å². The minimum Gasteiger partial charge on any atom is -0.493 e. The molecule has 0 radical (unpaired) electrons. The minimum atomic E-state index is -0.444. The van der Waals surface area contributed by atoms with Gasteiger partial charge in [-0.05, 0) is 36.1 Å². The minimum absolute atomic E-state index is 0.00928. The first kappa shape index (κ1) is 21.1. The van der Waals surface area contributed by atoms with E-state index in [1.807, 2.05) is 26.0 Å². The number of methoxy groups -OCH3 is 2. The molecule has 1 aliphatic heterocycles. The number of Topliss-reactive ketones (excluding diaryl/α,β-unsaturated/α-hetero) is 1. The van der Waals surface area contributed by atoms with Gasteiger partial charge in [-0.2, -0.15) is 0 Å². The molecule has 0 fully saturated rings. The zero-order valence-corrected chi connectivity index (χ0v) is 18.2. The highest BCUT2D eigenvalue weighted by atomic mass is 19.1. The zero-order valence-electron chi connectivity index (χ0n) is 18.2. The van der Waals surface area contributed by atoms with Gasteiger partial charge in [-0.25, -0.2) is 4.39 Å². The van der Waals surface area contributed by atoms with Crippen molar-refractivity contribution in [1.29, 1.82) is 0 Å². The summed E-state index contributed by atoms with van der Waals surface area (Å²) in [4.78, 5) is 28.3. The van der Waals surface area contributed by atoms with Gasteiger partial charge < -0.3 is 9.47 Å². The fraction of sp³-hybridized carbons (Fsp3) is 0.360. The van der Waals surface area contributed by atoms with Crippen molar-refractivity contribution in [3.63, 3.8) is 0 Å². The number of carbonyl (C=O) groups excluding carboxylic acids is 2. The van der Waals surface area contributed by atoms with Crippen molar-refractivity contribution in [2.24, 2.45) is 5.41 Å². The van der Waals surface area contributed by atoms with Gasteiger partial charge in [-0.15, -0.1) is 0 Å². The Bertz CT molecular complexity index is 1090. The number of allylic oxidation sites excluding steroid dienone is 2. The number of ether oxygens (including phenoxy) is 2. The fourth-order valence-corrected chi connectivity index (χ4v) is 4.78. The van der Waals surface area contributed by atoms with Crippen LogP contribution in [-0.4, -0.2) is 25.9 Å². The number of halogens is 1. The molecule has 0 aromatic heterocycles. The van der Waals surface area contributed by atoms with Gasteiger partial charge in [0.25, 0.3) is 0 Å². The van der Waals surface area contributed by atoms with Crippen molar-refractivity contribution < 1.29 is 23.5 Å². The quantitative estimate of drug-likeness (QED) is 0.694. The smallest absolute Gasteiger partial charge is 0.232 e. The van der Waals surface area contributed by atoms with E-state index < -0.39 is 11.7 Å². The van der Waals surface area contributed by atoms with Crippen LogP contribution in [0.4, 0.5) is 10.1 Å². The summed E-state index contributed by atoms with van der Waals surface area (Å²) in [7, 11) is 3.10. The molecule has 0 saturated carbocycles. The highest BCUT2D eigenvalue weighted by molar-refractivity contribution is 6.08. The Morgan fingerprint density at radius 3 is 2.45 bits per heavy atom. The van der Waals surface area contributed by atoms with Gasteiger partial charge in [-0.3, -0.25) is 14.5 Å². The summed E-state index contributed by atoms with van der Waals surface area (Å²) in [5, 5.41) is 0. The lowest BCUT2D eigenvalue weighted by molar-refractivity contribution is -0.121. The van der Waals surface area contributed by atoms with Crippen LogP contribution in [-0.2, 0) is 9.59 Å². The van der Waals surface area contributed by atoms with E-state index in [0.29, 0.717) is 41.3 Å². The third-order valence-corrected chi connectivity index (χ3v) is 6.02. The van der Waals surface area contributed by atoms with Crippen LogP contribution >= 0.6 is 0 Å². The number of para-hydroxylation sites is 1. The first-order valence-corrected chi connectivity index (χ1v) is 10.3. The molecule has 4 rings (SSSR count). The van der Waals surface area contributed by atoms with Crippen molar-refractivity contribution in [3.05, 3.63) is 65.1 Å². The molecule has 1 unspecified atom stereocenters. The zero-order chi connectivity index (χ0) is 22.3. The summed E-state index contributed by atoms with van der Waals surface area (Å²) in [5.74, 6) is 0.0309. The molecule has 31 heavy (non-hydrogen) atoms. The first-order valence-electron chi connectivity index (χ1n) is 10.3. The lowest BCUT2D eigenvalue weighted by Gasteiger charge is -2.43. The van der Waals surface area contributed by atoms with E-state index in [-0.39, 0.29) is 23.5 Å². The summed E-state index contributed by atoms with van der Waals surface area (Å²) in [5.41, 5.74) is 2.14. The maximum absolute atomic E-state index is 14.0. The molecule has 0 saturated heterocycles. The van der Waals surface area contributed by atoms with Gasteiger partial charge >= 0.3 is 0 Å². The summed E-state index contributed by atoms with van der Waals surface area (Å²) in [6.45, 7) is 4.03. The van der Waals surface area contributed by atoms with E-state index in [1.165, 1.54) is 17.0 Å². The highest BCUT2D eigenvalue weighted by Gasteiger charge is 2.45. The van der Waals surface area contributed by atoms with Crippen LogP contribution in [0, 0.1) is 11.2 Å². The van der Waals surface area contributed by atoms with Crippen LogP contribution in [0.2, 0.25) is 0 Å². The molecule has 1 aliphatic carbocycles. The van der Waals surface area contributed by atoms with E-state index in [0.717, 1.165) is 5.56 Å². The van der Waals surface area contributed by atoms with Crippen molar-refractivity contribution in [2.45, 2.75) is 39.0 Å². The summed E-state index contributed by atoms with van der Waals surface area (Å²) in [6.07, 6.45) is 1.02. The molecule has 1 amide bonds. The predicted octanol–water partition coefficient (Wildman–Crippen LogP) is 5.01. The Morgan fingerprint density at radius 2 is 1.77 bits per heavy atom. The molecule has 0 N–H and O–H groups in total. The van der Waals surface area contributed by atoms with Gasteiger partial charge in [0.2, 0.25) is 5.91 Å². The van der Waals surface area contributed by atoms with Gasteiger partial charge in [-0.1, -0.05) is 32.0 Å². The predicted molar refractivity (Wildman–Crippen MR) is 116 cm³/mol. The van der Waals surface area contributed by atoms with Gasteiger partial charge in [0.05, 0.1) is 19.9 Å². The van der Waals surface area contributed by atoms with Crippen molar-refractivity contribution in [3.8, 4) is 11.5 Å². The van der Waals surface area contributed by atoms with Crippen molar-refractivity contribution in [2.75, 3.05) is 19.1 Å². The summed E-state index contributed by atoms with van der Waals surface area (Å²) >= 11 is 0. The second kappa shape index (κ2) is 7.84. The maximum Gasteiger partial charge on any atom is 0.232 e. The molecule has 5 nitrogen and oxygen atoms in total. The molecule has 1 atom stereocenters. The topological polar surface area (TPSA) is 55.8 Å². The molecule has 162 valence electrons. The van der Waals surface area contributed by atoms with Gasteiger partial charge in [0.15, 0.2) is 17.3 Å². The Morgan fingerprint density at radius 1 is 1.03 bits per heavy atom. The maximum atomic E-state index is 14.0. The third kappa shape index (κ3) is 3.71. The van der Waals surface area contributed by atoms with Crippen LogP contribution in [0.15, 0.2) is 53.7 Å². The van der Waals surface area contributed by atoms with Crippen LogP contribution in [0.3, 0.4) is 0 Å². The molecule has 6 heteroatoms. The van der Waals surface area contributed by atoms with Crippen LogP contribution in [0.25, 0.3) is 0 Å². The Kier molecular flexibility index (Phi) is 5.33. The number of benzene rings is 2. The van der Waals surface area contributed by atoms with E-state index in [4.69, 9.17) is 9.47 Å². The second-order valence-electron chi connectivity index (χ2n) is 8.85. The van der Waals surface area contributed by atoms with Crippen molar-refractivity contribution >= 4 is 17.4 Å². The Labute approximate surface area is 181 Å². The number of amides is 1. The highest BCUT2D eigenvalue weighted by Crippen LogP contribution is 2.50. The SMILES string of the molecule is COc1cccc(C2CC(=O)N(c3cccc(F)c3)C3=C2C(=O)CC(C)(C)C3)c1OC. The molecule has 2 aromatic carbocycles. The third-order valence-electron chi connectivity index (χ3n) is 6.02. The van der Waals surface area contributed by atoms with Gasteiger partial charge in [0, 0.05) is 35.6 Å². The molecular weight excluding hydrogens is 397 g/mol. The normalized spacial score (nSPS) is 20.5. The monoisotopic (exact) mass is 423 g/mol. The lowest BCUT2D eigenvalue weighted by Crippen LogP contribution is -2.43. The van der Waals surface area contributed by atoms with E-state index in [2.05, 4.69) is 0 Å². The number of carbonyl (C=O) groups is 2. The Balaban J connectivity index is 1.94. The Hall–Kier alpha value is -3.15. The number of nitrogens with zero attached hydrogens (tertiary/aromatic N) is 1. The molecule has 2 aliphatic rings. The van der Waals surface area contributed by atoms with Crippen LogP contribution < -0.4 is 14.4 Å². The number of hydrogen-bond donors (Lipinski definition) is 0. The molecule has 0 bridgehead atoms. The van der Waals surface area contributed by atoms with E-state index >= 15 is 0 Å². The standard InChI is InChI=1S/C25H26FNO4/c1-25(2)13-19-23(20(28)14-25)18(17-9-6-10-21(30-3)24(17)31-4)12-22(29)27(19)16-8-5-7-15(26)11-16/h5-11,18H,12-14H2,1-4H3. The fourth-order valence-electron chi connectivity index (χ4n) is 4.78. The number of rotatable bonds is 4. The lowest BCUT2D eigenvalue weighted by atomic mass is 9.69. The molecule has 0 spiro atoms.